The van der Waals surface area contributed by atoms with Gasteiger partial charge in [-0.05, 0) is 24.0 Å². The minimum Gasteiger partial charge on any atom is -0.478 e. The van der Waals surface area contributed by atoms with Crippen LogP contribution in [0.3, 0.4) is 0 Å². The Balaban J connectivity index is 4.00. The lowest BCUT2D eigenvalue weighted by molar-refractivity contribution is 0.0686. The van der Waals surface area contributed by atoms with Gasteiger partial charge in [-0.2, -0.15) is 8.42 Å². The van der Waals surface area contributed by atoms with Crippen molar-refractivity contribution in [2.45, 2.75) is 17.7 Å². The molecule has 0 radical (unpaired) electrons. The van der Waals surface area contributed by atoms with Crippen LogP contribution in [-0.4, -0.2) is 58.5 Å². The highest BCUT2D eigenvalue weighted by atomic mass is 32.2. The minimum absolute atomic E-state index is 0.156. The molecule has 0 aliphatic heterocycles. The SMILES string of the molecule is O=C(O)c1c(CCO)cc(CCO)c(C(=O)O)c1S(=O)(=O)O. The lowest BCUT2D eigenvalue weighted by Crippen LogP contribution is -2.20. The molecule has 5 N–H and O–H groups in total. The van der Waals surface area contributed by atoms with Crippen LogP contribution in [0.4, 0.5) is 0 Å². The number of carbonyl (C=O) groups is 2. The van der Waals surface area contributed by atoms with Crippen LogP contribution in [0, 0.1) is 0 Å². The summed E-state index contributed by atoms with van der Waals surface area (Å²) in [6.45, 7) is -1.04. The molecule has 1 aromatic carbocycles. The molecular formula is C12H14O9S. The first-order valence-corrected chi connectivity index (χ1v) is 7.43. The Kier molecular flexibility index (Phi) is 5.60. The molecule has 0 bridgehead atoms. The van der Waals surface area contributed by atoms with Crippen LogP contribution in [0.15, 0.2) is 11.0 Å². The number of aliphatic hydroxyl groups excluding tert-OH is 2. The molecule has 0 fully saturated rings. The summed E-state index contributed by atoms with van der Waals surface area (Å²) >= 11 is 0. The van der Waals surface area contributed by atoms with Crippen LogP contribution in [0.1, 0.15) is 31.8 Å². The Morgan fingerprint density at radius 1 is 0.909 bits per heavy atom. The van der Waals surface area contributed by atoms with Crippen molar-refractivity contribution < 1.29 is 43.0 Å². The summed E-state index contributed by atoms with van der Waals surface area (Å²) in [5, 5.41) is 36.2. The Hall–Kier alpha value is -2.01. The molecule has 0 aliphatic rings. The number of hydrogen-bond donors (Lipinski definition) is 5. The van der Waals surface area contributed by atoms with Crippen molar-refractivity contribution in [2.75, 3.05) is 13.2 Å². The van der Waals surface area contributed by atoms with E-state index in [-0.39, 0.29) is 24.0 Å². The lowest BCUT2D eigenvalue weighted by atomic mass is 9.94. The van der Waals surface area contributed by atoms with Gasteiger partial charge in [0.2, 0.25) is 0 Å². The van der Waals surface area contributed by atoms with Crippen LogP contribution in [0.5, 0.6) is 0 Å². The van der Waals surface area contributed by atoms with Gasteiger partial charge in [-0.25, -0.2) is 9.59 Å². The third-order valence-electron chi connectivity index (χ3n) is 2.89. The molecule has 0 saturated carbocycles. The summed E-state index contributed by atoms with van der Waals surface area (Å²) in [5.41, 5.74) is -2.13. The normalized spacial score (nSPS) is 11.4. The topological polar surface area (TPSA) is 169 Å². The fraction of sp³-hybridized carbons (Fsp3) is 0.333. The molecular weight excluding hydrogens is 320 g/mol. The zero-order chi connectivity index (χ0) is 17.1. The number of rotatable bonds is 7. The van der Waals surface area contributed by atoms with Gasteiger partial charge in [0.15, 0.2) is 0 Å². The van der Waals surface area contributed by atoms with Crippen molar-refractivity contribution >= 4 is 22.1 Å². The van der Waals surface area contributed by atoms with Crippen LogP contribution >= 0.6 is 0 Å². The van der Waals surface area contributed by atoms with E-state index in [1.54, 1.807) is 0 Å². The number of hydrogen-bond acceptors (Lipinski definition) is 6. The predicted molar refractivity (Wildman–Crippen MR) is 71.8 cm³/mol. The Labute approximate surface area is 125 Å². The van der Waals surface area contributed by atoms with Crippen LogP contribution in [-0.2, 0) is 23.0 Å². The minimum atomic E-state index is -5.16. The predicted octanol–water partition coefficient (Wildman–Crippen LogP) is -0.601. The Morgan fingerprint density at radius 2 is 1.27 bits per heavy atom. The molecule has 0 unspecified atom stereocenters. The number of carboxylic acid groups (broad SMARTS) is 2. The summed E-state index contributed by atoms with van der Waals surface area (Å²) in [4.78, 5) is 21.4. The second-order valence-corrected chi connectivity index (χ2v) is 5.66. The number of aliphatic hydroxyl groups is 2. The Morgan fingerprint density at radius 3 is 1.50 bits per heavy atom. The molecule has 22 heavy (non-hydrogen) atoms. The van der Waals surface area contributed by atoms with Gasteiger partial charge in [0.05, 0.1) is 11.1 Å². The molecule has 0 aromatic heterocycles. The molecule has 1 aromatic rings. The first kappa shape index (κ1) is 18.0. The fourth-order valence-electron chi connectivity index (χ4n) is 2.13. The quantitative estimate of drug-likeness (QED) is 0.408. The zero-order valence-electron chi connectivity index (χ0n) is 11.2. The summed E-state index contributed by atoms with van der Waals surface area (Å²) in [6, 6.07) is 1.09. The van der Waals surface area contributed by atoms with E-state index in [2.05, 4.69) is 0 Å². The van der Waals surface area contributed by atoms with E-state index >= 15 is 0 Å². The van der Waals surface area contributed by atoms with E-state index in [0.29, 0.717) is 0 Å². The van der Waals surface area contributed by atoms with Gasteiger partial charge >= 0.3 is 11.9 Å². The van der Waals surface area contributed by atoms with E-state index in [0.717, 1.165) is 6.07 Å². The second-order valence-electron chi connectivity index (χ2n) is 4.31. The maximum atomic E-state index is 11.5. The van der Waals surface area contributed by atoms with Crippen molar-refractivity contribution in [3.05, 3.63) is 28.3 Å². The number of carboxylic acids is 2. The third-order valence-corrected chi connectivity index (χ3v) is 3.82. The zero-order valence-corrected chi connectivity index (χ0v) is 12.0. The van der Waals surface area contributed by atoms with Gasteiger partial charge in [-0.3, -0.25) is 4.55 Å². The highest BCUT2D eigenvalue weighted by Crippen LogP contribution is 2.29. The monoisotopic (exact) mass is 334 g/mol. The standard InChI is InChI=1S/C12H14O9S/c13-3-1-6-5-7(2-4-14)9(12(17)18)10(22(19,20)21)8(6)11(15)16/h5,13-14H,1-4H2,(H,15,16)(H,17,18)(H,19,20,21). The van der Waals surface area contributed by atoms with Crippen LogP contribution in [0.2, 0.25) is 0 Å². The average Bonchev–Trinajstić information content (AvgIpc) is 2.36. The number of aromatic carboxylic acids is 2. The maximum absolute atomic E-state index is 11.5. The van der Waals surface area contributed by atoms with Crippen molar-refractivity contribution in [3.8, 4) is 0 Å². The summed E-state index contributed by atoms with van der Waals surface area (Å²) in [5.74, 6) is -3.51. The van der Waals surface area contributed by atoms with Gasteiger partial charge in [-0.1, -0.05) is 6.07 Å². The van der Waals surface area contributed by atoms with Gasteiger partial charge in [0.1, 0.15) is 4.90 Å². The van der Waals surface area contributed by atoms with Gasteiger partial charge < -0.3 is 20.4 Å². The van der Waals surface area contributed by atoms with Crippen molar-refractivity contribution in [1.29, 1.82) is 0 Å². The summed E-state index contributed by atoms with van der Waals surface area (Å²) in [7, 11) is -5.16. The first-order valence-electron chi connectivity index (χ1n) is 5.99. The molecule has 0 aliphatic carbocycles. The molecule has 1 rings (SSSR count). The van der Waals surface area contributed by atoms with Gasteiger partial charge in [-0.15, -0.1) is 0 Å². The van der Waals surface area contributed by atoms with E-state index in [9.17, 15) is 22.6 Å². The smallest absolute Gasteiger partial charge is 0.337 e. The largest absolute Gasteiger partial charge is 0.478 e. The number of benzene rings is 1. The highest BCUT2D eigenvalue weighted by molar-refractivity contribution is 7.86. The van der Waals surface area contributed by atoms with E-state index in [4.69, 9.17) is 20.4 Å². The molecule has 0 spiro atoms. The van der Waals surface area contributed by atoms with Gasteiger partial charge in [0.25, 0.3) is 10.1 Å². The fourth-order valence-corrected chi connectivity index (χ4v) is 3.09. The van der Waals surface area contributed by atoms with E-state index in [1.807, 2.05) is 0 Å². The molecule has 0 atom stereocenters. The Bertz CT molecular complexity index is 664. The van der Waals surface area contributed by atoms with Crippen LogP contribution in [0.25, 0.3) is 0 Å². The maximum Gasteiger partial charge on any atom is 0.337 e. The van der Waals surface area contributed by atoms with Crippen molar-refractivity contribution in [1.82, 2.24) is 0 Å². The third kappa shape index (κ3) is 3.60. The first-order chi connectivity index (χ1) is 10.1. The summed E-state index contributed by atoms with van der Waals surface area (Å²) in [6.07, 6.45) is -0.523. The second kappa shape index (κ2) is 6.83. The molecule has 122 valence electrons. The van der Waals surface area contributed by atoms with E-state index in [1.165, 1.54) is 0 Å². The molecule has 10 heteroatoms. The molecule has 0 saturated heterocycles. The van der Waals surface area contributed by atoms with Crippen molar-refractivity contribution in [2.24, 2.45) is 0 Å². The average molecular weight is 334 g/mol. The molecule has 0 amide bonds. The lowest BCUT2D eigenvalue weighted by Gasteiger charge is -2.16. The molecule has 9 nitrogen and oxygen atoms in total. The highest BCUT2D eigenvalue weighted by Gasteiger charge is 2.32. The van der Waals surface area contributed by atoms with Crippen LogP contribution < -0.4 is 0 Å². The van der Waals surface area contributed by atoms with Gasteiger partial charge in [0, 0.05) is 13.2 Å². The summed E-state index contributed by atoms with van der Waals surface area (Å²) < 4.78 is 32.3. The van der Waals surface area contributed by atoms with E-state index < -0.39 is 51.3 Å². The molecule has 0 heterocycles. The van der Waals surface area contributed by atoms with Crippen molar-refractivity contribution in [3.63, 3.8) is 0 Å².